The van der Waals surface area contributed by atoms with Crippen molar-refractivity contribution in [3.05, 3.63) is 29.8 Å². The molecule has 1 N–H and O–H groups in total. The Bertz CT molecular complexity index is 268. The van der Waals surface area contributed by atoms with Crippen molar-refractivity contribution in [1.82, 2.24) is 0 Å². The van der Waals surface area contributed by atoms with Gasteiger partial charge in [0.05, 0.1) is 5.33 Å². The predicted molar refractivity (Wildman–Crippen MR) is 54.1 cm³/mol. The van der Waals surface area contributed by atoms with E-state index in [-0.39, 0.29) is 5.78 Å². The molecule has 12 heavy (non-hydrogen) atoms. The molecule has 0 fully saturated rings. The Balaban J connectivity index is 2.84. The molecule has 0 heterocycles. The first-order chi connectivity index (χ1) is 5.77. The molecule has 0 bridgehead atoms. The molecular weight excluding hydrogens is 218 g/mol. The molecule has 3 heteroatoms. The van der Waals surface area contributed by atoms with Gasteiger partial charge in [0.25, 0.3) is 0 Å². The molecule has 0 aliphatic heterocycles. The Morgan fingerprint density at radius 3 is 2.42 bits per heavy atom. The molecule has 0 aliphatic carbocycles. The van der Waals surface area contributed by atoms with Crippen LogP contribution in [0, 0.1) is 0 Å². The molecule has 0 saturated carbocycles. The van der Waals surface area contributed by atoms with Gasteiger partial charge in [-0.1, -0.05) is 15.9 Å². The number of carbonyl (C=O) groups excluding carboxylic acids is 1. The Morgan fingerprint density at radius 2 is 2.00 bits per heavy atom. The van der Waals surface area contributed by atoms with E-state index in [4.69, 9.17) is 0 Å². The smallest absolute Gasteiger partial charge is 0.173 e. The number of alkyl halides is 1. The Kier molecular flexibility index (Phi) is 3.29. The first-order valence-electron chi connectivity index (χ1n) is 3.65. The van der Waals surface area contributed by atoms with Crippen molar-refractivity contribution in [3.63, 3.8) is 0 Å². The number of benzene rings is 1. The second-order valence-electron chi connectivity index (χ2n) is 2.38. The topological polar surface area (TPSA) is 29.1 Å². The van der Waals surface area contributed by atoms with Gasteiger partial charge in [-0.3, -0.25) is 4.79 Å². The van der Waals surface area contributed by atoms with E-state index in [1.807, 2.05) is 31.3 Å². The normalized spacial score (nSPS) is 9.50. The first kappa shape index (κ1) is 9.26. The van der Waals surface area contributed by atoms with Crippen LogP contribution in [0.3, 0.4) is 0 Å². The van der Waals surface area contributed by atoms with Crippen LogP contribution < -0.4 is 5.32 Å². The molecule has 1 rings (SSSR count). The molecule has 0 atom stereocenters. The third kappa shape index (κ3) is 2.08. The summed E-state index contributed by atoms with van der Waals surface area (Å²) in [6.07, 6.45) is 0. The van der Waals surface area contributed by atoms with E-state index >= 15 is 0 Å². The summed E-state index contributed by atoms with van der Waals surface area (Å²) in [4.78, 5) is 11.1. The van der Waals surface area contributed by atoms with Gasteiger partial charge in [-0.05, 0) is 24.3 Å². The second kappa shape index (κ2) is 4.26. The lowest BCUT2D eigenvalue weighted by Crippen LogP contribution is -1.99. The van der Waals surface area contributed by atoms with E-state index in [1.165, 1.54) is 0 Å². The molecule has 0 aliphatic rings. The summed E-state index contributed by atoms with van der Waals surface area (Å²) in [6.45, 7) is 0. The van der Waals surface area contributed by atoms with Crippen LogP contribution in [-0.4, -0.2) is 18.2 Å². The Morgan fingerprint density at radius 1 is 1.42 bits per heavy atom. The molecular formula is C9H10BrNO. The molecule has 0 amide bonds. The van der Waals surface area contributed by atoms with Gasteiger partial charge >= 0.3 is 0 Å². The van der Waals surface area contributed by atoms with Crippen LogP contribution in [0.4, 0.5) is 5.69 Å². The van der Waals surface area contributed by atoms with Crippen LogP contribution >= 0.6 is 15.9 Å². The van der Waals surface area contributed by atoms with Gasteiger partial charge < -0.3 is 5.32 Å². The monoisotopic (exact) mass is 227 g/mol. The van der Waals surface area contributed by atoms with Crippen LogP contribution in [-0.2, 0) is 0 Å². The quantitative estimate of drug-likeness (QED) is 0.635. The zero-order valence-electron chi connectivity index (χ0n) is 6.80. The van der Waals surface area contributed by atoms with Gasteiger partial charge in [0, 0.05) is 18.3 Å². The average Bonchev–Trinajstić information content (AvgIpc) is 2.17. The highest BCUT2D eigenvalue weighted by Gasteiger charge is 2.01. The largest absolute Gasteiger partial charge is 0.388 e. The maximum atomic E-state index is 11.1. The van der Waals surface area contributed by atoms with E-state index < -0.39 is 0 Å². The van der Waals surface area contributed by atoms with Crippen molar-refractivity contribution in [2.24, 2.45) is 0 Å². The van der Waals surface area contributed by atoms with Gasteiger partial charge in [0.2, 0.25) is 0 Å². The zero-order valence-corrected chi connectivity index (χ0v) is 8.39. The van der Waals surface area contributed by atoms with Gasteiger partial charge in [0.1, 0.15) is 0 Å². The minimum atomic E-state index is 0.109. The molecule has 1 aromatic rings. The number of hydrogen-bond donors (Lipinski definition) is 1. The zero-order chi connectivity index (χ0) is 8.97. The molecule has 1 aromatic carbocycles. The summed E-state index contributed by atoms with van der Waals surface area (Å²) in [5.41, 5.74) is 1.76. The number of Topliss-reactive ketones (excluding diaryl/α,β-unsaturated/α-hetero) is 1. The van der Waals surface area contributed by atoms with Gasteiger partial charge in [0.15, 0.2) is 5.78 Å². The number of ketones is 1. The van der Waals surface area contributed by atoms with Crippen LogP contribution in [0.15, 0.2) is 24.3 Å². The fraction of sp³-hybridized carbons (Fsp3) is 0.222. The van der Waals surface area contributed by atoms with Crippen molar-refractivity contribution in [1.29, 1.82) is 0 Å². The van der Waals surface area contributed by atoms with Crippen molar-refractivity contribution in [3.8, 4) is 0 Å². The minimum absolute atomic E-state index is 0.109. The molecule has 0 spiro atoms. The number of rotatable bonds is 3. The van der Waals surface area contributed by atoms with E-state index in [2.05, 4.69) is 21.2 Å². The third-order valence-corrected chi connectivity index (χ3v) is 2.13. The summed E-state index contributed by atoms with van der Waals surface area (Å²) < 4.78 is 0. The highest BCUT2D eigenvalue weighted by atomic mass is 79.9. The number of halogens is 1. The fourth-order valence-corrected chi connectivity index (χ4v) is 1.22. The maximum Gasteiger partial charge on any atom is 0.173 e. The van der Waals surface area contributed by atoms with E-state index in [9.17, 15) is 4.79 Å². The lowest BCUT2D eigenvalue weighted by Gasteiger charge is -2.00. The summed E-state index contributed by atoms with van der Waals surface area (Å²) >= 11 is 3.12. The van der Waals surface area contributed by atoms with E-state index in [1.54, 1.807) is 0 Å². The molecule has 0 radical (unpaired) electrons. The van der Waals surface area contributed by atoms with Crippen molar-refractivity contribution in [2.45, 2.75) is 0 Å². The summed E-state index contributed by atoms with van der Waals surface area (Å²) in [7, 11) is 1.85. The van der Waals surface area contributed by atoms with Crippen LogP contribution in [0.1, 0.15) is 10.4 Å². The third-order valence-electron chi connectivity index (χ3n) is 1.62. The van der Waals surface area contributed by atoms with Crippen LogP contribution in [0.25, 0.3) is 0 Å². The van der Waals surface area contributed by atoms with E-state index in [0.717, 1.165) is 11.3 Å². The van der Waals surface area contributed by atoms with Crippen LogP contribution in [0.5, 0.6) is 0 Å². The fourth-order valence-electron chi connectivity index (χ4n) is 0.900. The number of hydrogen-bond acceptors (Lipinski definition) is 2. The Hall–Kier alpha value is -0.830. The van der Waals surface area contributed by atoms with E-state index in [0.29, 0.717) is 5.33 Å². The van der Waals surface area contributed by atoms with Crippen molar-refractivity contribution in [2.75, 3.05) is 17.7 Å². The maximum absolute atomic E-state index is 11.1. The standard InChI is InChI=1S/C9H10BrNO/c1-11-8-4-2-7(3-5-8)9(12)6-10/h2-5,11H,6H2,1H3. The molecule has 0 aromatic heterocycles. The minimum Gasteiger partial charge on any atom is -0.388 e. The van der Waals surface area contributed by atoms with Crippen molar-refractivity contribution < 1.29 is 4.79 Å². The van der Waals surface area contributed by atoms with Gasteiger partial charge in [-0.15, -0.1) is 0 Å². The summed E-state index contributed by atoms with van der Waals surface area (Å²) in [5, 5.41) is 3.37. The number of carbonyl (C=O) groups is 1. The average molecular weight is 228 g/mol. The SMILES string of the molecule is CNc1ccc(C(=O)CBr)cc1. The van der Waals surface area contributed by atoms with Gasteiger partial charge in [-0.2, -0.15) is 0 Å². The molecule has 2 nitrogen and oxygen atoms in total. The second-order valence-corrected chi connectivity index (χ2v) is 2.94. The Labute approximate surface area is 80.1 Å². The highest BCUT2D eigenvalue weighted by molar-refractivity contribution is 9.09. The number of anilines is 1. The molecule has 0 unspecified atom stereocenters. The molecule has 0 saturated heterocycles. The highest BCUT2D eigenvalue weighted by Crippen LogP contribution is 2.09. The van der Waals surface area contributed by atoms with Crippen molar-refractivity contribution >= 4 is 27.4 Å². The summed E-state index contributed by atoms with van der Waals surface area (Å²) in [6, 6.07) is 7.40. The molecule has 64 valence electrons. The first-order valence-corrected chi connectivity index (χ1v) is 4.77. The predicted octanol–water partition coefficient (Wildman–Crippen LogP) is 2.31. The lowest BCUT2D eigenvalue weighted by molar-refractivity contribution is 0.102. The number of nitrogens with one attached hydrogen (secondary N) is 1. The summed E-state index contributed by atoms with van der Waals surface area (Å²) in [5.74, 6) is 0.109. The van der Waals surface area contributed by atoms with Gasteiger partial charge in [-0.25, -0.2) is 0 Å². The van der Waals surface area contributed by atoms with Crippen LogP contribution in [0.2, 0.25) is 0 Å². The lowest BCUT2D eigenvalue weighted by atomic mass is 10.1.